The minimum Gasteiger partial charge on any atom is -0.493 e. The Balaban J connectivity index is 2.13. The zero-order valence-corrected chi connectivity index (χ0v) is 11.3. The Hall–Kier alpha value is -2.08. The van der Waals surface area contributed by atoms with Gasteiger partial charge in [0, 0.05) is 0 Å². The third-order valence-corrected chi connectivity index (χ3v) is 2.64. The molecule has 0 spiro atoms. The van der Waals surface area contributed by atoms with Crippen LogP contribution in [0.25, 0.3) is 0 Å². The molecule has 0 bridgehead atoms. The highest BCUT2D eigenvalue weighted by molar-refractivity contribution is 5.43. The summed E-state index contributed by atoms with van der Waals surface area (Å²) in [5.41, 5.74) is 1.03. The molecule has 0 radical (unpaired) electrons. The minimum atomic E-state index is 0.567. The first kappa shape index (κ1) is 13.4. The fraction of sp³-hybridized carbons (Fsp3) is 0.385. The highest BCUT2D eigenvalue weighted by Crippen LogP contribution is 2.28. The maximum Gasteiger partial charge on any atom is 0.230 e. The number of hydrogen-bond acceptors (Lipinski definition) is 6. The van der Waals surface area contributed by atoms with E-state index in [0.717, 1.165) is 5.56 Å². The van der Waals surface area contributed by atoms with Crippen LogP contribution in [0.3, 0.4) is 0 Å². The molecule has 0 aliphatic rings. The Kier molecular flexibility index (Phi) is 4.35. The second-order valence-corrected chi connectivity index (χ2v) is 3.99. The second-order valence-electron chi connectivity index (χ2n) is 3.99. The number of methoxy groups -OCH3 is 2. The summed E-state index contributed by atoms with van der Waals surface area (Å²) in [6, 6.07) is 5.71. The molecule has 1 heterocycles. The maximum absolute atomic E-state index is 5.50. The number of hydrogen-bond donors (Lipinski definition) is 1. The highest BCUT2D eigenvalue weighted by Gasteiger charge is 2.09. The second kappa shape index (κ2) is 6.19. The summed E-state index contributed by atoms with van der Waals surface area (Å²) in [7, 11) is 5.05. The molecule has 0 amide bonds. The Morgan fingerprint density at radius 2 is 1.84 bits per heavy atom. The molecule has 102 valence electrons. The molecule has 6 heteroatoms. The van der Waals surface area contributed by atoms with E-state index in [4.69, 9.17) is 13.9 Å². The molecule has 19 heavy (non-hydrogen) atoms. The average molecular weight is 263 g/mol. The van der Waals surface area contributed by atoms with Gasteiger partial charge in [-0.25, -0.2) is 0 Å². The Morgan fingerprint density at radius 1 is 1.11 bits per heavy atom. The van der Waals surface area contributed by atoms with E-state index in [-0.39, 0.29) is 0 Å². The molecule has 0 atom stereocenters. The lowest BCUT2D eigenvalue weighted by atomic mass is 10.1. The topological polar surface area (TPSA) is 69.4 Å². The van der Waals surface area contributed by atoms with Gasteiger partial charge in [0.05, 0.1) is 27.2 Å². The van der Waals surface area contributed by atoms with Crippen LogP contribution in [0, 0.1) is 0 Å². The van der Waals surface area contributed by atoms with Gasteiger partial charge in [0.2, 0.25) is 11.8 Å². The number of nitrogens with one attached hydrogen (secondary N) is 1. The summed E-state index contributed by atoms with van der Waals surface area (Å²) in [5.74, 6) is 2.55. The number of nitrogens with zero attached hydrogens (tertiary/aromatic N) is 2. The number of benzene rings is 1. The van der Waals surface area contributed by atoms with Gasteiger partial charge in [0.15, 0.2) is 11.5 Å². The van der Waals surface area contributed by atoms with Crippen LogP contribution in [0.1, 0.15) is 17.3 Å². The van der Waals surface area contributed by atoms with Crippen LogP contribution in [0.4, 0.5) is 0 Å². The van der Waals surface area contributed by atoms with Crippen molar-refractivity contribution in [1.29, 1.82) is 0 Å². The van der Waals surface area contributed by atoms with Gasteiger partial charge in [-0.1, -0.05) is 6.07 Å². The summed E-state index contributed by atoms with van der Waals surface area (Å²) in [5, 5.41) is 10.9. The normalized spacial score (nSPS) is 10.5. The number of aromatic nitrogens is 2. The molecule has 0 unspecified atom stereocenters. The lowest BCUT2D eigenvalue weighted by Crippen LogP contribution is -2.04. The molecule has 2 rings (SSSR count). The van der Waals surface area contributed by atoms with Gasteiger partial charge >= 0.3 is 0 Å². The van der Waals surface area contributed by atoms with Crippen molar-refractivity contribution >= 4 is 0 Å². The Morgan fingerprint density at radius 3 is 2.53 bits per heavy atom. The minimum absolute atomic E-state index is 0.567. The van der Waals surface area contributed by atoms with Gasteiger partial charge in [0.25, 0.3) is 0 Å². The van der Waals surface area contributed by atoms with Gasteiger partial charge in [0.1, 0.15) is 0 Å². The van der Waals surface area contributed by atoms with Crippen molar-refractivity contribution in [3.05, 3.63) is 35.5 Å². The lowest BCUT2D eigenvalue weighted by molar-refractivity contribution is 0.354. The first-order valence-electron chi connectivity index (χ1n) is 5.93. The van der Waals surface area contributed by atoms with E-state index in [1.807, 2.05) is 25.2 Å². The van der Waals surface area contributed by atoms with Crippen molar-refractivity contribution in [3.8, 4) is 11.5 Å². The van der Waals surface area contributed by atoms with Crippen molar-refractivity contribution in [3.63, 3.8) is 0 Å². The van der Waals surface area contributed by atoms with Crippen molar-refractivity contribution < 1.29 is 13.9 Å². The summed E-state index contributed by atoms with van der Waals surface area (Å²) < 4.78 is 16.0. The van der Waals surface area contributed by atoms with Crippen molar-refractivity contribution in [2.24, 2.45) is 0 Å². The van der Waals surface area contributed by atoms with Crippen molar-refractivity contribution in [2.75, 3.05) is 21.3 Å². The first-order chi connectivity index (χ1) is 9.26. The summed E-state index contributed by atoms with van der Waals surface area (Å²) in [4.78, 5) is 0. The Bertz CT molecular complexity index is 540. The van der Waals surface area contributed by atoms with E-state index < -0.39 is 0 Å². The molecule has 0 fully saturated rings. The van der Waals surface area contributed by atoms with Crippen molar-refractivity contribution in [1.82, 2.24) is 15.5 Å². The number of ether oxygens (including phenoxy) is 2. The molecule has 0 aliphatic carbocycles. The molecule has 1 N–H and O–H groups in total. The van der Waals surface area contributed by atoms with Gasteiger partial charge in [-0.3, -0.25) is 0 Å². The van der Waals surface area contributed by atoms with Gasteiger partial charge in [-0.2, -0.15) is 0 Å². The summed E-state index contributed by atoms with van der Waals surface area (Å²) in [6.45, 7) is 0.568. The quantitative estimate of drug-likeness (QED) is 0.849. The molecule has 6 nitrogen and oxygen atoms in total. The predicted octanol–water partition coefficient (Wildman–Crippen LogP) is 1.40. The number of rotatable bonds is 6. The van der Waals surface area contributed by atoms with Crippen LogP contribution in [0.2, 0.25) is 0 Å². The van der Waals surface area contributed by atoms with E-state index in [1.54, 1.807) is 14.2 Å². The third kappa shape index (κ3) is 3.23. The molecule has 0 aliphatic heterocycles. The summed E-state index contributed by atoms with van der Waals surface area (Å²) in [6.07, 6.45) is 0.567. The molecular formula is C13H17N3O3. The van der Waals surface area contributed by atoms with Crippen LogP contribution >= 0.6 is 0 Å². The monoisotopic (exact) mass is 263 g/mol. The standard InChI is InChI=1S/C13H17N3O3/c1-14-8-13-16-15-12(19-13)7-9-4-5-10(17-2)11(6-9)18-3/h4-6,14H,7-8H2,1-3H3. The average Bonchev–Trinajstić information content (AvgIpc) is 2.86. The van der Waals surface area contributed by atoms with Crippen LogP contribution in [0.15, 0.2) is 22.6 Å². The van der Waals surface area contributed by atoms with Gasteiger partial charge < -0.3 is 19.2 Å². The molecule has 2 aromatic rings. The predicted molar refractivity (Wildman–Crippen MR) is 69.4 cm³/mol. The van der Waals surface area contributed by atoms with Crippen LogP contribution in [-0.4, -0.2) is 31.5 Å². The van der Waals surface area contributed by atoms with Crippen LogP contribution < -0.4 is 14.8 Å². The highest BCUT2D eigenvalue weighted by atomic mass is 16.5. The van der Waals surface area contributed by atoms with E-state index >= 15 is 0 Å². The van der Waals surface area contributed by atoms with Crippen LogP contribution in [-0.2, 0) is 13.0 Å². The SMILES string of the molecule is CNCc1nnc(Cc2ccc(OC)c(OC)c2)o1. The van der Waals surface area contributed by atoms with E-state index in [9.17, 15) is 0 Å². The van der Waals surface area contributed by atoms with Crippen LogP contribution in [0.5, 0.6) is 11.5 Å². The molecule has 1 aromatic heterocycles. The fourth-order valence-corrected chi connectivity index (χ4v) is 1.75. The first-order valence-corrected chi connectivity index (χ1v) is 5.93. The zero-order chi connectivity index (χ0) is 13.7. The van der Waals surface area contributed by atoms with E-state index in [1.165, 1.54) is 0 Å². The third-order valence-electron chi connectivity index (χ3n) is 2.64. The maximum atomic E-state index is 5.50. The Labute approximate surface area is 111 Å². The molecule has 1 aromatic carbocycles. The molecular weight excluding hydrogens is 246 g/mol. The smallest absolute Gasteiger partial charge is 0.230 e. The zero-order valence-electron chi connectivity index (χ0n) is 11.3. The summed E-state index contributed by atoms with van der Waals surface area (Å²) >= 11 is 0. The van der Waals surface area contributed by atoms with Gasteiger partial charge in [-0.15, -0.1) is 10.2 Å². The lowest BCUT2D eigenvalue weighted by Gasteiger charge is -2.08. The van der Waals surface area contributed by atoms with Crippen molar-refractivity contribution in [2.45, 2.75) is 13.0 Å². The van der Waals surface area contributed by atoms with E-state index in [2.05, 4.69) is 15.5 Å². The van der Waals surface area contributed by atoms with E-state index in [0.29, 0.717) is 36.2 Å². The van der Waals surface area contributed by atoms with Gasteiger partial charge in [-0.05, 0) is 24.7 Å². The largest absolute Gasteiger partial charge is 0.493 e. The fourth-order valence-electron chi connectivity index (χ4n) is 1.75. The molecule has 0 saturated carbocycles. The molecule has 0 saturated heterocycles.